The molecule has 22 heavy (non-hydrogen) atoms. The summed E-state index contributed by atoms with van der Waals surface area (Å²) in [5, 5.41) is 5.93. The van der Waals surface area contributed by atoms with Crippen LogP contribution < -0.4 is 5.32 Å². The van der Waals surface area contributed by atoms with Crippen molar-refractivity contribution in [3.8, 4) is 0 Å². The summed E-state index contributed by atoms with van der Waals surface area (Å²) in [4.78, 5) is 12.0. The lowest BCUT2D eigenvalue weighted by Crippen LogP contribution is -2.15. The van der Waals surface area contributed by atoms with Crippen molar-refractivity contribution in [1.29, 1.82) is 0 Å². The smallest absolute Gasteiger partial charge is 0.321 e. The summed E-state index contributed by atoms with van der Waals surface area (Å²) in [5.74, 6) is -0.701. The van der Waals surface area contributed by atoms with Gasteiger partial charge >= 0.3 is 6.18 Å². The quantitative estimate of drug-likeness (QED) is 0.885. The van der Waals surface area contributed by atoms with Crippen molar-refractivity contribution in [2.75, 3.05) is 5.32 Å². The largest absolute Gasteiger partial charge is 0.417 e. The molecule has 0 aliphatic rings. The Morgan fingerprint density at radius 1 is 1.32 bits per heavy atom. The standard InChI is InChI=1S/C13H10Cl2F3N3O/c1-2-21-6-10(15)11(20-21)12(22)19-7-3-4-9(14)8(5-7)13(16,17)18/h3-6H,2H2,1H3,(H,19,22). The number of halogens is 5. The Bertz CT molecular complexity index is 713. The van der Waals surface area contributed by atoms with E-state index < -0.39 is 22.7 Å². The summed E-state index contributed by atoms with van der Waals surface area (Å²) in [5.41, 5.74) is -1.15. The monoisotopic (exact) mass is 351 g/mol. The second kappa shape index (κ2) is 6.18. The van der Waals surface area contributed by atoms with Crippen LogP contribution in [0.3, 0.4) is 0 Å². The first-order chi connectivity index (χ1) is 10.2. The summed E-state index contributed by atoms with van der Waals surface area (Å²) >= 11 is 11.4. The number of aromatic nitrogens is 2. The van der Waals surface area contributed by atoms with Gasteiger partial charge in [0.25, 0.3) is 5.91 Å². The molecule has 0 aliphatic heterocycles. The fraction of sp³-hybridized carbons (Fsp3) is 0.231. The summed E-state index contributed by atoms with van der Waals surface area (Å²) in [6.45, 7) is 2.31. The van der Waals surface area contributed by atoms with Gasteiger partial charge in [-0.05, 0) is 25.1 Å². The van der Waals surface area contributed by atoms with Crippen molar-refractivity contribution in [2.45, 2.75) is 19.6 Å². The van der Waals surface area contributed by atoms with E-state index in [9.17, 15) is 18.0 Å². The normalized spacial score (nSPS) is 11.5. The van der Waals surface area contributed by atoms with Gasteiger partial charge in [-0.2, -0.15) is 18.3 Å². The van der Waals surface area contributed by atoms with E-state index in [1.807, 2.05) is 0 Å². The highest BCUT2D eigenvalue weighted by Crippen LogP contribution is 2.36. The van der Waals surface area contributed by atoms with Gasteiger partial charge < -0.3 is 5.32 Å². The highest BCUT2D eigenvalue weighted by atomic mass is 35.5. The molecule has 0 aliphatic carbocycles. The topological polar surface area (TPSA) is 46.9 Å². The van der Waals surface area contributed by atoms with E-state index in [2.05, 4.69) is 10.4 Å². The van der Waals surface area contributed by atoms with Crippen LogP contribution in [-0.2, 0) is 12.7 Å². The van der Waals surface area contributed by atoms with Gasteiger partial charge in [-0.15, -0.1) is 0 Å². The van der Waals surface area contributed by atoms with E-state index in [0.29, 0.717) is 6.54 Å². The van der Waals surface area contributed by atoms with Crippen LogP contribution >= 0.6 is 23.2 Å². The molecule has 1 N–H and O–H groups in total. The fourth-order valence-electron chi connectivity index (χ4n) is 1.72. The Hall–Kier alpha value is -1.73. The number of nitrogens with zero attached hydrogens (tertiary/aromatic N) is 2. The van der Waals surface area contributed by atoms with E-state index in [-0.39, 0.29) is 16.4 Å². The number of amides is 1. The number of carbonyl (C=O) groups is 1. The van der Waals surface area contributed by atoms with Crippen LogP contribution in [-0.4, -0.2) is 15.7 Å². The van der Waals surface area contributed by atoms with Gasteiger partial charge in [0.1, 0.15) is 0 Å². The highest BCUT2D eigenvalue weighted by Gasteiger charge is 2.33. The number of carbonyl (C=O) groups excluding carboxylic acids is 1. The number of anilines is 1. The first-order valence-corrected chi connectivity index (χ1v) is 6.89. The minimum atomic E-state index is -4.61. The number of hydrogen-bond acceptors (Lipinski definition) is 2. The third kappa shape index (κ3) is 3.53. The third-order valence-corrected chi connectivity index (χ3v) is 3.39. The Morgan fingerprint density at radius 2 is 2.00 bits per heavy atom. The zero-order chi connectivity index (χ0) is 16.5. The number of hydrogen-bond donors (Lipinski definition) is 1. The van der Waals surface area contributed by atoms with Crippen LogP contribution in [0.4, 0.5) is 18.9 Å². The number of rotatable bonds is 3. The molecule has 0 spiro atoms. The Balaban J connectivity index is 2.27. The Labute approximate surface area is 133 Å². The minimum absolute atomic E-state index is 0.0520. The molecule has 4 nitrogen and oxygen atoms in total. The predicted molar refractivity (Wildman–Crippen MR) is 77.3 cm³/mol. The molecule has 0 bridgehead atoms. The molecule has 118 valence electrons. The fourth-order valence-corrected chi connectivity index (χ4v) is 2.18. The molecule has 1 aromatic heterocycles. The Morgan fingerprint density at radius 3 is 2.55 bits per heavy atom. The highest BCUT2D eigenvalue weighted by molar-refractivity contribution is 6.34. The first-order valence-electron chi connectivity index (χ1n) is 6.13. The third-order valence-electron chi connectivity index (χ3n) is 2.79. The predicted octanol–water partition coefficient (Wildman–Crippen LogP) is 4.48. The maximum absolute atomic E-state index is 12.8. The Kier molecular flexibility index (Phi) is 4.67. The lowest BCUT2D eigenvalue weighted by atomic mass is 10.2. The van der Waals surface area contributed by atoms with E-state index >= 15 is 0 Å². The van der Waals surface area contributed by atoms with Crippen molar-refractivity contribution in [3.63, 3.8) is 0 Å². The molecule has 2 rings (SSSR count). The molecule has 1 heterocycles. The first kappa shape index (κ1) is 16.6. The van der Waals surface area contributed by atoms with Crippen LogP contribution in [0.15, 0.2) is 24.4 Å². The molecule has 0 radical (unpaired) electrons. The van der Waals surface area contributed by atoms with Gasteiger partial charge in [-0.1, -0.05) is 23.2 Å². The number of alkyl halides is 3. The van der Waals surface area contributed by atoms with E-state index in [1.54, 1.807) is 6.92 Å². The maximum atomic E-state index is 12.8. The zero-order valence-electron chi connectivity index (χ0n) is 11.2. The van der Waals surface area contributed by atoms with Crippen molar-refractivity contribution in [3.05, 3.63) is 45.7 Å². The molecule has 9 heteroatoms. The molecule has 0 unspecified atom stereocenters. The number of benzene rings is 1. The van der Waals surface area contributed by atoms with Gasteiger partial charge in [-0.25, -0.2) is 0 Å². The van der Waals surface area contributed by atoms with Crippen molar-refractivity contribution in [2.24, 2.45) is 0 Å². The van der Waals surface area contributed by atoms with Crippen molar-refractivity contribution in [1.82, 2.24) is 9.78 Å². The summed E-state index contributed by atoms with van der Waals surface area (Å²) in [7, 11) is 0. The maximum Gasteiger partial charge on any atom is 0.417 e. The molecule has 1 amide bonds. The lowest BCUT2D eigenvalue weighted by molar-refractivity contribution is -0.137. The molecular formula is C13H10Cl2F3N3O. The molecule has 0 atom stereocenters. The summed E-state index contributed by atoms with van der Waals surface area (Å²) < 4.78 is 39.7. The number of nitrogens with one attached hydrogen (secondary N) is 1. The minimum Gasteiger partial charge on any atom is -0.321 e. The van der Waals surface area contributed by atoms with Crippen molar-refractivity contribution < 1.29 is 18.0 Å². The van der Waals surface area contributed by atoms with Crippen LogP contribution in [0.2, 0.25) is 10.0 Å². The van der Waals surface area contributed by atoms with Gasteiger partial charge in [-0.3, -0.25) is 9.48 Å². The van der Waals surface area contributed by atoms with Crippen LogP contribution in [0, 0.1) is 0 Å². The average Bonchev–Trinajstić information content (AvgIpc) is 2.81. The summed E-state index contributed by atoms with van der Waals surface area (Å²) in [6.07, 6.45) is -3.15. The second-order valence-corrected chi connectivity index (χ2v) is 5.14. The zero-order valence-corrected chi connectivity index (χ0v) is 12.7. The van der Waals surface area contributed by atoms with E-state index in [1.165, 1.54) is 16.9 Å². The van der Waals surface area contributed by atoms with Gasteiger partial charge in [0.05, 0.1) is 15.6 Å². The lowest BCUT2D eigenvalue weighted by Gasteiger charge is -2.11. The molecule has 0 saturated carbocycles. The molecule has 1 aromatic carbocycles. The van der Waals surface area contributed by atoms with Crippen LogP contribution in [0.1, 0.15) is 23.0 Å². The second-order valence-electron chi connectivity index (χ2n) is 4.33. The average molecular weight is 352 g/mol. The molecule has 0 saturated heterocycles. The van der Waals surface area contributed by atoms with E-state index in [4.69, 9.17) is 23.2 Å². The van der Waals surface area contributed by atoms with Gasteiger partial charge in [0, 0.05) is 18.4 Å². The van der Waals surface area contributed by atoms with Gasteiger partial charge in [0.15, 0.2) is 5.69 Å². The summed E-state index contributed by atoms with van der Waals surface area (Å²) in [6, 6.07) is 3.08. The van der Waals surface area contributed by atoms with Crippen molar-refractivity contribution >= 4 is 34.8 Å². The van der Waals surface area contributed by atoms with Crippen LogP contribution in [0.5, 0.6) is 0 Å². The molecule has 2 aromatic rings. The van der Waals surface area contributed by atoms with Gasteiger partial charge in [0.2, 0.25) is 0 Å². The van der Waals surface area contributed by atoms with E-state index in [0.717, 1.165) is 12.1 Å². The SMILES string of the molecule is CCn1cc(Cl)c(C(=O)Nc2ccc(Cl)c(C(F)(F)F)c2)n1. The number of aryl methyl sites for hydroxylation is 1. The van der Waals surface area contributed by atoms with Crippen LogP contribution in [0.25, 0.3) is 0 Å². The molecular weight excluding hydrogens is 342 g/mol. The molecule has 0 fully saturated rings.